The molecule has 0 saturated heterocycles. The fraction of sp³-hybridized carbons (Fsp3) is 1.00. The molecule has 1 heteroatoms. The normalized spacial score (nSPS) is 50.2. The second kappa shape index (κ2) is 3.98. The molecule has 5 fully saturated rings. The van der Waals surface area contributed by atoms with E-state index in [0.717, 1.165) is 41.0 Å². The highest BCUT2D eigenvalue weighted by Gasteiger charge is 2.55. The third-order valence-electron chi connectivity index (χ3n) is 6.96. The molecular formula is C17H29N. The van der Waals surface area contributed by atoms with Crippen molar-refractivity contribution in [2.45, 2.75) is 64.8 Å². The summed E-state index contributed by atoms with van der Waals surface area (Å²) in [5, 5.41) is 3.83. The highest BCUT2D eigenvalue weighted by Crippen LogP contribution is 2.64. The van der Waals surface area contributed by atoms with Gasteiger partial charge in [-0.1, -0.05) is 13.8 Å². The van der Waals surface area contributed by atoms with Crippen LogP contribution in [0.5, 0.6) is 0 Å². The predicted octanol–water partition coefficient (Wildman–Crippen LogP) is 3.84. The lowest BCUT2D eigenvalue weighted by Crippen LogP contribution is -2.55. The molecule has 0 spiro atoms. The van der Waals surface area contributed by atoms with Crippen LogP contribution in [0.2, 0.25) is 0 Å². The Kier molecular flexibility index (Phi) is 2.60. The molecule has 0 amide bonds. The molecule has 0 aliphatic heterocycles. The lowest BCUT2D eigenvalue weighted by atomic mass is 9.44. The van der Waals surface area contributed by atoms with Crippen molar-refractivity contribution in [2.75, 3.05) is 6.54 Å². The summed E-state index contributed by atoms with van der Waals surface area (Å²) in [5.41, 5.74) is 0.757. The van der Waals surface area contributed by atoms with Gasteiger partial charge in [0.1, 0.15) is 0 Å². The van der Waals surface area contributed by atoms with Gasteiger partial charge in [0, 0.05) is 6.04 Å². The average Bonchev–Trinajstić information content (AvgIpc) is 3.11. The summed E-state index contributed by atoms with van der Waals surface area (Å²) >= 11 is 0. The summed E-state index contributed by atoms with van der Waals surface area (Å²) in [5.74, 6) is 5.20. The summed E-state index contributed by atoms with van der Waals surface area (Å²) in [4.78, 5) is 0. The van der Waals surface area contributed by atoms with Crippen LogP contribution in [0.15, 0.2) is 0 Å². The Morgan fingerprint density at radius 3 is 2.28 bits per heavy atom. The first-order valence-corrected chi connectivity index (χ1v) is 8.40. The summed E-state index contributed by atoms with van der Waals surface area (Å²) in [6, 6.07) is 0.904. The summed E-state index contributed by atoms with van der Waals surface area (Å²) < 4.78 is 0. The summed E-state index contributed by atoms with van der Waals surface area (Å²) in [7, 11) is 0. The largest absolute Gasteiger partial charge is 0.314 e. The maximum absolute atomic E-state index is 3.83. The van der Waals surface area contributed by atoms with Gasteiger partial charge in [0.05, 0.1) is 0 Å². The lowest BCUT2D eigenvalue weighted by Gasteiger charge is -2.62. The van der Waals surface area contributed by atoms with Crippen LogP contribution in [0, 0.1) is 35.0 Å². The van der Waals surface area contributed by atoms with E-state index in [9.17, 15) is 0 Å². The van der Waals surface area contributed by atoms with Gasteiger partial charge in [-0.2, -0.15) is 0 Å². The van der Waals surface area contributed by atoms with E-state index < -0.39 is 0 Å². The molecule has 102 valence electrons. The van der Waals surface area contributed by atoms with E-state index in [0.29, 0.717) is 0 Å². The quantitative estimate of drug-likeness (QED) is 0.796. The minimum atomic E-state index is 0.757. The molecule has 0 heterocycles. The Morgan fingerprint density at radius 1 is 1.06 bits per heavy atom. The number of rotatable bonds is 4. The molecule has 18 heavy (non-hydrogen) atoms. The molecule has 0 aromatic heterocycles. The van der Waals surface area contributed by atoms with Gasteiger partial charge in [-0.15, -0.1) is 0 Å². The third kappa shape index (κ3) is 1.77. The van der Waals surface area contributed by atoms with E-state index in [1.54, 1.807) is 32.1 Å². The van der Waals surface area contributed by atoms with Crippen LogP contribution in [0.3, 0.4) is 0 Å². The van der Waals surface area contributed by atoms with Crippen molar-refractivity contribution in [1.82, 2.24) is 5.32 Å². The van der Waals surface area contributed by atoms with E-state index in [1.807, 2.05) is 0 Å². The van der Waals surface area contributed by atoms with Crippen molar-refractivity contribution in [3.63, 3.8) is 0 Å². The van der Waals surface area contributed by atoms with Gasteiger partial charge in [-0.05, 0) is 86.5 Å². The van der Waals surface area contributed by atoms with Gasteiger partial charge in [0.25, 0.3) is 0 Å². The Balaban J connectivity index is 1.50. The Hall–Kier alpha value is -0.0400. The van der Waals surface area contributed by atoms with Gasteiger partial charge in [0.15, 0.2) is 0 Å². The van der Waals surface area contributed by atoms with Crippen LogP contribution in [-0.2, 0) is 0 Å². The molecule has 5 saturated carbocycles. The number of nitrogens with one attached hydrogen (secondary N) is 1. The fourth-order valence-electron chi connectivity index (χ4n) is 5.82. The highest BCUT2D eigenvalue weighted by molar-refractivity contribution is 5.06. The molecule has 0 aromatic carbocycles. The maximum atomic E-state index is 3.83. The van der Waals surface area contributed by atoms with Crippen LogP contribution < -0.4 is 5.32 Å². The van der Waals surface area contributed by atoms with Crippen molar-refractivity contribution in [1.29, 1.82) is 0 Å². The monoisotopic (exact) mass is 247 g/mol. The SMILES string of the molecule is CC(C)C12CC3CC(C1)C(CNC1CC1)C(C3)C2. The lowest BCUT2D eigenvalue weighted by molar-refractivity contribution is -0.115. The van der Waals surface area contributed by atoms with Crippen molar-refractivity contribution in [2.24, 2.45) is 35.0 Å². The second-order valence-corrected chi connectivity index (χ2v) is 8.33. The smallest absolute Gasteiger partial charge is 0.00683 e. The van der Waals surface area contributed by atoms with E-state index in [1.165, 1.54) is 19.4 Å². The highest BCUT2D eigenvalue weighted by atomic mass is 15.0. The van der Waals surface area contributed by atoms with E-state index >= 15 is 0 Å². The van der Waals surface area contributed by atoms with Crippen LogP contribution in [0.1, 0.15) is 58.8 Å². The van der Waals surface area contributed by atoms with Crippen molar-refractivity contribution < 1.29 is 0 Å². The van der Waals surface area contributed by atoms with Crippen LogP contribution in [0.25, 0.3) is 0 Å². The summed E-state index contributed by atoms with van der Waals surface area (Å²) in [6.07, 6.45) is 10.7. The molecule has 5 rings (SSSR count). The van der Waals surface area contributed by atoms with Crippen molar-refractivity contribution in [3.8, 4) is 0 Å². The van der Waals surface area contributed by atoms with Crippen LogP contribution >= 0.6 is 0 Å². The second-order valence-electron chi connectivity index (χ2n) is 8.33. The standard InChI is InChI=1S/C17H29N/c1-11(2)17-7-12-5-13(8-17)16(14(6-12)9-17)10-18-15-3-4-15/h11-16,18H,3-10H2,1-2H3. The molecule has 0 aromatic rings. The third-order valence-corrected chi connectivity index (χ3v) is 6.96. The van der Waals surface area contributed by atoms with Gasteiger partial charge >= 0.3 is 0 Å². The molecule has 4 bridgehead atoms. The number of hydrogen-bond donors (Lipinski definition) is 1. The molecular weight excluding hydrogens is 218 g/mol. The molecule has 2 atom stereocenters. The van der Waals surface area contributed by atoms with Gasteiger partial charge in [-0.25, -0.2) is 0 Å². The van der Waals surface area contributed by atoms with E-state index in [2.05, 4.69) is 19.2 Å². The fourth-order valence-corrected chi connectivity index (χ4v) is 5.82. The molecule has 1 N–H and O–H groups in total. The minimum Gasteiger partial charge on any atom is -0.314 e. The van der Waals surface area contributed by atoms with Crippen LogP contribution in [-0.4, -0.2) is 12.6 Å². The first kappa shape index (κ1) is 11.8. The predicted molar refractivity (Wildman–Crippen MR) is 75.3 cm³/mol. The zero-order chi connectivity index (χ0) is 12.3. The van der Waals surface area contributed by atoms with Gasteiger partial charge < -0.3 is 5.32 Å². The number of hydrogen-bond acceptors (Lipinski definition) is 1. The van der Waals surface area contributed by atoms with Crippen molar-refractivity contribution >= 4 is 0 Å². The van der Waals surface area contributed by atoms with E-state index in [4.69, 9.17) is 0 Å². The minimum absolute atomic E-state index is 0.757. The molecule has 1 nitrogen and oxygen atoms in total. The molecule has 5 aliphatic rings. The first-order valence-electron chi connectivity index (χ1n) is 8.40. The average molecular weight is 247 g/mol. The van der Waals surface area contributed by atoms with E-state index in [-0.39, 0.29) is 0 Å². The Bertz CT molecular complexity index is 315. The topological polar surface area (TPSA) is 12.0 Å². The Morgan fingerprint density at radius 2 is 1.72 bits per heavy atom. The van der Waals surface area contributed by atoms with Crippen LogP contribution in [0.4, 0.5) is 0 Å². The Labute approximate surface area is 112 Å². The first-order chi connectivity index (χ1) is 8.66. The maximum Gasteiger partial charge on any atom is 0.00683 e. The zero-order valence-corrected chi connectivity index (χ0v) is 12.1. The molecule has 0 radical (unpaired) electrons. The van der Waals surface area contributed by atoms with Gasteiger partial charge in [0.2, 0.25) is 0 Å². The zero-order valence-electron chi connectivity index (χ0n) is 12.1. The van der Waals surface area contributed by atoms with Crippen molar-refractivity contribution in [3.05, 3.63) is 0 Å². The van der Waals surface area contributed by atoms with Gasteiger partial charge in [-0.3, -0.25) is 0 Å². The molecule has 5 aliphatic carbocycles. The molecule has 2 unspecified atom stereocenters. The summed E-state index contributed by atoms with van der Waals surface area (Å²) in [6.45, 7) is 6.33.